The molecule has 3 aromatic carbocycles. The van der Waals surface area contributed by atoms with Crippen LogP contribution in [0.25, 0.3) is 0 Å². The maximum Gasteiger partial charge on any atom is 0.318 e. The number of benzene rings is 3. The predicted octanol–water partition coefficient (Wildman–Crippen LogP) is 7.80. The fourth-order valence-electron chi connectivity index (χ4n) is 6.31. The van der Waals surface area contributed by atoms with Crippen molar-refractivity contribution >= 4 is 53.9 Å². The Kier molecular flexibility index (Phi) is 14.5. The number of Topliss-reactive ketones (excluding diaryl/α,β-unsaturated/α-hetero) is 1. The van der Waals surface area contributed by atoms with Crippen molar-refractivity contribution in [3.05, 3.63) is 99.6 Å². The van der Waals surface area contributed by atoms with Crippen molar-refractivity contribution in [3.63, 3.8) is 0 Å². The van der Waals surface area contributed by atoms with E-state index in [1.165, 1.54) is 29.5 Å². The van der Waals surface area contributed by atoms with Gasteiger partial charge in [-0.2, -0.15) is 0 Å². The highest BCUT2D eigenvalue weighted by Crippen LogP contribution is 2.27. The zero-order chi connectivity index (χ0) is 29.3. The van der Waals surface area contributed by atoms with Gasteiger partial charge in [0.15, 0.2) is 5.78 Å². The van der Waals surface area contributed by atoms with E-state index in [0.29, 0.717) is 12.3 Å². The van der Waals surface area contributed by atoms with Gasteiger partial charge in [0.25, 0.3) is 0 Å². The minimum absolute atomic E-state index is 0. The first kappa shape index (κ1) is 35.9. The number of rotatable bonds is 10. The third-order valence-corrected chi connectivity index (χ3v) is 9.25. The summed E-state index contributed by atoms with van der Waals surface area (Å²) in [4.78, 5) is 29.9. The standard InChI is InChI=1S/C35H43ClN4O2.2ClH/c1-37-35(42)38-33-11-5-3-9-31(33)25-40-21-17-27-13-14-29(23-28(27)18-22-40)34(41)12-6-7-26-15-19-39(20-16-26)24-30-8-2-4-10-32(30)36;;/h2-5,8-11,13-14,23,26H,6-7,12,15-22,24-25H2,1H3,(H2,37,38,42);2*1H. The van der Waals surface area contributed by atoms with Crippen LogP contribution in [-0.4, -0.2) is 54.8 Å². The summed E-state index contributed by atoms with van der Waals surface area (Å²) >= 11 is 6.35. The molecule has 1 fully saturated rings. The van der Waals surface area contributed by atoms with E-state index in [-0.39, 0.29) is 36.6 Å². The second-order valence-corrected chi connectivity index (χ2v) is 12.2. The van der Waals surface area contributed by atoms with E-state index in [9.17, 15) is 9.59 Å². The van der Waals surface area contributed by atoms with Crippen LogP contribution in [0.3, 0.4) is 0 Å². The Bertz CT molecular complexity index is 1380. The number of ketones is 1. The van der Waals surface area contributed by atoms with Gasteiger partial charge >= 0.3 is 6.03 Å². The summed E-state index contributed by atoms with van der Waals surface area (Å²) in [5, 5.41) is 6.41. The first-order valence-electron chi connectivity index (χ1n) is 15.4. The van der Waals surface area contributed by atoms with Crippen LogP contribution in [0.5, 0.6) is 0 Å². The van der Waals surface area contributed by atoms with Crippen LogP contribution in [-0.2, 0) is 25.9 Å². The molecule has 0 radical (unpaired) electrons. The number of para-hydroxylation sites is 1. The normalized spacial score (nSPS) is 15.7. The van der Waals surface area contributed by atoms with Crippen LogP contribution in [0.15, 0.2) is 66.7 Å². The Labute approximate surface area is 279 Å². The third kappa shape index (κ3) is 9.95. The van der Waals surface area contributed by atoms with Gasteiger partial charge < -0.3 is 10.6 Å². The molecular weight excluding hydrogens is 615 g/mol. The maximum atomic E-state index is 13.1. The monoisotopic (exact) mass is 658 g/mol. The quantitative estimate of drug-likeness (QED) is 0.218. The van der Waals surface area contributed by atoms with Gasteiger partial charge in [-0.25, -0.2) is 4.79 Å². The van der Waals surface area contributed by atoms with Crippen molar-refractivity contribution in [2.75, 3.05) is 38.5 Å². The number of fused-ring (bicyclic) bond motifs is 1. The van der Waals surface area contributed by atoms with Crippen molar-refractivity contribution in [1.29, 1.82) is 0 Å². The smallest absolute Gasteiger partial charge is 0.318 e. The minimum Gasteiger partial charge on any atom is -0.341 e. The number of hydrogen-bond donors (Lipinski definition) is 2. The minimum atomic E-state index is -0.210. The van der Waals surface area contributed by atoms with Gasteiger partial charge in [0.1, 0.15) is 0 Å². The summed E-state index contributed by atoms with van der Waals surface area (Å²) in [6.45, 7) is 5.77. The molecule has 2 amide bonds. The number of nitrogens with one attached hydrogen (secondary N) is 2. The van der Waals surface area contributed by atoms with Crippen molar-refractivity contribution in [3.8, 4) is 0 Å². The molecule has 2 heterocycles. The van der Waals surface area contributed by atoms with E-state index in [2.05, 4.69) is 50.8 Å². The molecule has 0 spiro atoms. The molecule has 0 bridgehead atoms. The zero-order valence-electron chi connectivity index (χ0n) is 25.5. The lowest BCUT2D eigenvalue weighted by atomic mass is 9.90. The Morgan fingerprint density at radius 1 is 0.818 bits per heavy atom. The molecule has 3 aromatic rings. The van der Waals surface area contributed by atoms with Crippen LogP contribution in [0.1, 0.15) is 64.7 Å². The summed E-state index contributed by atoms with van der Waals surface area (Å²) in [6.07, 6.45) is 6.99. The van der Waals surface area contributed by atoms with Gasteiger partial charge in [0.2, 0.25) is 0 Å². The average molecular weight is 660 g/mol. The largest absolute Gasteiger partial charge is 0.341 e. The number of hydrogen-bond acceptors (Lipinski definition) is 4. The van der Waals surface area contributed by atoms with Crippen LogP contribution in [0.2, 0.25) is 5.02 Å². The van der Waals surface area contributed by atoms with Crippen molar-refractivity contribution in [1.82, 2.24) is 15.1 Å². The lowest BCUT2D eigenvalue weighted by molar-refractivity contribution is 0.0974. The lowest BCUT2D eigenvalue weighted by Crippen LogP contribution is -2.33. The highest BCUT2D eigenvalue weighted by molar-refractivity contribution is 6.31. The third-order valence-electron chi connectivity index (χ3n) is 8.88. The Hall–Kier alpha value is -2.61. The van der Waals surface area contributed by atoms with Gasteiger partial charge in [-0.15, -0.1) is 24.8 Å². The number of amides is 2. The number of likely N-dealkylation sites (tertiary alicyclic amines) is 1. The lowest BCUT2D eigenvalue weighted by Gasteiger charge is -2.32. The summed E-state index contributed by atoms with van der Waals surface area (Å²) in [6, 6.07) is 22.2. The van der Waals surface area contributed by atoms with Crippen LogP contribution in [0.4, 0.5) is 10.5 Å². The van der Waals surface area contributed by atoms with Gasteiger partial charge in [0.05, 0.1) is 0 Å². The predicted molar refractivity (Wildman–Crippen MR) is 186 cm³/mol. The van der Waals surface area contributed by atoms with Gasteiger partial charge in [-0.3, -0.25) is 14.6 Å². The van der Waals surface area contributed by atoms with Crippen LogP contribution >= 0.6 is 36.4 Å². The van der Waals surface area contributed by atoms with E-state index < -0.39 is 0 Å². The number of carbonyl (C=O) groups is 2. The number of carbonyl (C=O) groups excluding carboxylic acids is 2. The molecule has 6 nitrogen and oxygen atoms in total. The van der Waals surface area contributed by atoms with E-state index in [1.54, 1.807) is 7.05 Å². The molecule has 1 saturated heterocycles. The Balaban J connectivity index is 0.00000264. The molecule has 2 aliphatic heterocycles. The molecule has 2 aliphatic rings. The summed E-state index contributed by atoms with van der Waals surface area (Å²) in [7, 11) is 1.62. The number of anilines is 1. The maximum absolute atomic E-state index is 13.1. The van der Waals surface area contributed by atoms with Crippen molar-refractivity contribution in [2.24, 2.45) is 5.92 Å². The number of urea groups is 1. The first-order chi connectivity index (χ1) is 20.5. The molecule has 5 rings (SSSR count). The van der Waals surface area contributed by atoms with Crippen LogP contribution < -0.4 is 10.6 Å². The number of nitrogens with zero attached hydrogens (tertiary/aromatic N) is 2. The van der Waals surface area contributed by atoms with E-state index in [4.69, 9.17) is 11.6 Å². The van der Waals surface area contributed by atoms with E-state index >= 15 is 0 Å². The number of halogens is 3. The van der Waals surface area contributed by atoms with Gasteiger partial charge in [0, 0.05) is 55.9 Å². The number of piperidine rings is 1. The highest BCUT2D eigenvalue weighted by Gasteiger charge is 2.21. The molecule has 2 N–H and O–H groups in total. The molecule has 0 unspecified atom stereocenters. The summed E-state index contributed by atoms with van der Waals surface area (Å²) < 4.78 is 0. The average Bonchev–Trinajstić information content (AvgIpc) is 3.21. The molecule has 0 aliphatic carbocycles. The first-order valence-corrected chi connectivity index (χ1v) is 15.8. The molecule has 0 saturated carbocycles. The Morgan fingerprint density at radius 2 is 1.45 bits per heavy atom. The molecule has 0 atom stereocenters. The van der Waals surface area contributed by atoms with Gasteiger partial charge in [-0.1, -0.05) is 60.1 Å². The van der Waals surface area contributed by atoms with Gasteiger partial charge in [-0.05, 0) is 98.0 Å². The molecule has 44 heavy (non-hydrogen) atoms. The second-order valence-electron chi connectivity index (χ2n) is 11.7. The topological polar surface area (TPSA) is 64.7 Å². The van der Waals surface area contributed by atoms with E-state index in [0.717, 1.165) is 86.8 Å². The fraction of sp³-hybridized carbons (Fsp3) is 0.429. The summed E-state index contributed by atoms with van der Waals surface area (Å²) in [5.74, 6) is 0.972. The van der Waals surface area contributed by atoms with E-state index in [1.807, 2.05) is 36.4 Å². The second kappa shape index (κ2) is 17.8. The SMILES string of the molecule is CNC(=O)Nc1ccccc1CN1CCc2ccc(C(=O)CCCC3CCN(Cc4ccccc4Cl)CC3)cc2CC1.Cl.Cl. The van der Waals surface area contributed by atoms with Crippen molar-refractivity contribution in [2.45, 2.75) is 58.0 Å². The highest BCUT2D eigenvalue weighted by atomic mass is 35.5. The van der Waals surface area contributed by atoms with Crippen LogP contribution in [0, 0.1) is 5.92 Å². The molecule has 238 valence electrons. The molecule has 9 heteroatoms. The summed E-state index contributed by atoms with van der Waals surface area (Å²) in [5.41, 5.74) is 6.65. The van der Waals surface area contributed by atoms with Crippen molar-refractivity contribution < 1.29 is 9.59 Å². The molecular formula is C35H45Cl3N4O2. The molecule has 0 aromatic heterocycles. The fourth-order valence-corrected chi connectivity index (χ4v) is 6.50. The Morgan fingerprint density at radius 3 is 2.18 bits per heavy atom. The zero-order valence-corrected chi connectivity index (χ0v) is 27.9.